The third-order valence-electron chi connectivity index (χ3n) is 6.38. The summed E-state index contributed by atoms with van der Waals surface area (Å²) >= 11 is 3.43. The molecule has 7 heteroatoms. The highest BCUT2D eigenvalue weighted by Gasteiger charge is 2.58. The molecule has 0 saturated carbocycles. The van der Waals surface area contributed by atoms with Crippen LogP contribution in [0.25, 0.3) is 0 Å². The molecule has 3 amide bonds. The summed E-state index contributed by atoms with van der Waals surface area (Å²) in [6.45, 7) is 1.70. The Balaban J connectivity index is 1.42. The molecule has 5 rings (SSSR count). The van der Waals surface area contributed by atoms with Gasteiger partial charge in [-0.05, 0) is 17.7 Å². The largest absolute Gasteiger partial charge is 0.431 e. The maximum atomic E-state index is 13.1. The van der Waals surface area contributed by atoms with Gasteiger partial charge in [0, 0.05) is 41.8 Å². The van der Waals surface area contributed by atoms with Gasteiger partial charge in [-0.15, -0.1) is 0 Å². The van der Waals surface area contributed by atoms with Gasteiger partial charge in [0.05, 0.1) is 0 Å². The number of fused-ring (bicyclic) bond motifs is 1. The molecule has 0 aromatic heterocycles. The van der Waals surface area contributed by atoms with Crippen LogP contribution in [0.4, 0.5) is 9.59 Å². The molecule has 2 heterocycles. The summed E-state index contributed by atoms with van der Waals surface area (Å²) in [5.74, 6) is 0. The molecule has 6 nitrogen and oxygen atoms in total. The highest BCUT2D eigenvalue weighted by atomic mass is 79.9. The van der Waals surface area contributed by atoms with Crippen molar-refractivity contribution in [1.82, 2.24) is 15.1 Å². The van der Waals surface area contributed by atoms with Gasteiger partial charge in [0.2, 0.25) is 0 Å². The van der Waals surface area contributed by atoms with E-state index in [2.05, 4.69) is 21.2 Å². The second-order valence-corrected chi connectivity index (χ2v) is 9.19. The molecule has 0 spiro atoms. The molecule has 2 aliphatic rings. The van der Waals surface area contributed by atoms with Crippen LogP contribution in [-0.2, 0) is 16.9 Å². The molecule has 0 bridgehead atoms. The monoisotopic (exact) mass is 505 g/mol. The third kappa shape index (κ3) is 3.97. The Kier molecular flexibility index (Phi) is 5.81. The van der Waals surface area contributed by atoms with Crippen LogP contribution in [0.2, 0.25) is 0 Å². The number of nitrogens with one attached hydrogen (secondary N) is 1. The summed E-state index contributed by atoms with van der Waals surface area (Å²) in [6, 6.07) is 27.0. The number of carbonyl (C=O) groups is 2. The number of hydrogen-bond donors (Lipinski definition) is 1. The predicted octanol–water partition coefficient (Wildman–Crippen LogP) is 4.74. The van der Waals surface area contributed by atoms with Crippen molar-refractivity contribution >= 4 is 28.1 Å². The van der Waals surface area contributed by atoms with E-state index in [1.165, 1.54) is 0 Å². The van der Waals surface area contributed by atoms with E-state index < -0.39 is 5.60 Å². The van der Waals surface area contributed by atoms with Crippen LogP contribution in [0.5, 0.6) is 0 Å². The van der Waals surface area contributed by atoms with Gasteiger partial charge in [-0.25, -0.2) is 9.59 Å². The topological polar surface area (TPSA) is 61.9 Å². The normalized spacial score (nSPS) is 19.1. The number of cyclic esters (lactones) is 1. The third-order valence-corrected chi connectivity index (χ3v) is 6.91. The van der Waals surface area contributed by atoms with Crippen LogP contribution in [0, 0.1) is 0 Å². The maximum Gasteiger partial charge on any atom is 0.411 e. The zero-order valence-corrected chi connectivity index (χ0v) is 19.6. The number of halogens is 1. The fourth-order valence-electron chi connectivity index (χ4n) is 4.73. The Labute approximate surface area is 201 Å². The fraction of sp³-hybridized carbons (Fsp3) is 0.231. The Morgan fingerprint density at radius 2 is 1.55 bits per heavy atom. The van der Waals surface area contributed by atoms with Crippen LogP contribution >= 0.6 is 15.9 Å². The lowest BCUT2D eigenvalue weighted by atomic mass is 9.79. The van der Waals surface area contributed by atoms with E-state index in [-0.39, 0.29) is 18.2 Å². The van der Waals surface area contributed by atoms with Crippen molar-refractivity contribution in [3.63, 3.8) is 0 Å². The maximum absolute atomic E-state index is 13.1. The fourth-order valence-corrected chi connectivity index (χ4v) is 5.00. The minimum Gasteiger partial charge on any atom is -0.431 e. The van der Waals surface area contributed by atoms with E-state index in [1.807, 2.05) is 84.9 Å². The van der Waals surface area contributed by atoms with Gasteiger partial charge in [-0.2, -0.15) is 0 Å². The zero-order chi connectivity index (χ0) is 22.8. The van der Waals surface area contributed by atoms with Gasteiger partial charge in [0.15, 0.2) is 5.60 Å². The van der Waals surface area contributed by atoms with Crippen molar-refractivity contribution in [3.8, 4) is 0 Å². The van der Waals surface area contributed by atoms with Gasteiger partial charge in [0.25, 0.3) is 0 Å². The SMILES string of the molecule is O=C(NCc1ccc(Br)cc1)N1CCN2C(=O)OC(c3ccccc3)(c3ccccc3)C2C1. The van der Waals surface area contributed by atoms with Crippen molar-refractivity contribution in [2.45, 2.75) is 18.2 Å². The predicted molar refractivity (Wildman–Crippen MR) is 129 cm³/mol. The molecular formula is C26H24BrN3O3. The number of rotatable bonds is 4. The summed E-state index contributed by atoms with van der Waals surface area (Å²) in [5, 5.41) is 3.01. The molecule has 2 aliphatic heterocycles. The van der Waals surface area contributed by atoms with Crippen LogP contribution in [-0.4, -0.2) is 47.6 Å². The number of piperazine rings is 1. The number of ether oxygens (including phenoxy) is 1. The summed E-state index contributed by atoms with van der Waals surface area (Å²) < 4.78 is 7.16. The van der Waals surface area contributed by atoms with Crippen LogP contribution in [0.3, 0.4) is 0 Å². The summed E-state index contributed by atoms with van der Waals surface area (Å²) in [6.07, 6.45) is -0.345. The number of hydrogen-bond acceptors (Lipinski definition) is 3. The molecule has 3 aromatic carbocycles. The molecule has 2 fully saturated rings. The molecule has 33 heavy (non-hydrogen) atoms. The molecule has 3 aromatic rings. The molecule has 168 valence electrons. The summed E-state index contributed by atoms with van der Waals surface area (Å²) in [5.41, 5.74) is 1.83. The molecule has 1 atom stereocenters. The highest BCUT2D eigenvalue weighted by molar-refractivity contribution is 9.10. The van der Waals surface area contributed by atoms with Gasteiger partial charge < -0.3 is 15.0 Å². The number of benzene rings is 3. The van der Waals surface area contributed by atoms with Gasteiger partial charge in [-0.3, -0.25) is 4.90 Å². The second-order valence-electron chi connectivity index (χ2n) is 8.28. The lowest BCUT2D eigenvalue weighted by Gasteiger charge is -2.42. The van der Waals surface area contributed by atoms with Crippen molar-refractivity contribution in [3.05, 3.63) is 106 Å². The molecule has 1 unspecified atom stereocenters. The minimum absolute atomic E-state index is 0.146. The van der Waals surface area contributed by atoms with E-state index >= 15 is 0 Å². The smallest absolute Gasteiger partial charge is 0.411 e. The lowest BCUT2D eigenvalue weighted by molar-refractivity contribution is 0.0511. The van der Waals surface area contributed by atoms with Crippen molar-refractivity contribution in [2.24, 2.45) is 0 Å². The van der Waals surface area contributed by atoms with E-state index in [0.717, 1.165) is 21.2 Å². The van der Waals surface area contributed by atoms with Gasteiger partial charge in [-0.1, -0.05) is 88.7 Å². The van der Waals surface area contributed by atoms with E-state index in [4.69, 9.17) is 4.74 Å². The van der Waals surface area contributed by atoms with Crippen LogP contribution in [0.1, 0.15) is 16.7 Å². The number of nitrogens with zero attached hydrogens (tertiary/aromatic N) is 2. The first-order valence-electron chi connectivity index (χ1n) is 11.0. The van der Waals surface area contributed by atoms with Crippen molar-refractivity contribution in [2.75, 3.05) is 19.6 Å². The Morgan fingerprint density at radius 1 is 0.939 bits per heavy atom. The number of urea groups is 1. The quantitative estimate of drug-likeness (QED) is 0.556. The van der Waals surface area contributed by atoms with Gasteiger partial charge >= 0.3 is 12.1 Å². The molecule has 0 aliphatic carbocycles. The molecule has 2 saturated heterocycles. The summed E-state index contributed by atoms with van der Waals surface area (Å²) in [7, 11) is 0. The standard InChI is InChI=1S/C26H24BrN3O3/c27-22-13-11-19(12-14-22)17-28-24(31)29-15-16-30-23(18-29)26(33-25(30)32,20-7-3-1-4-8-20)21-9-5-2-6-10-21/h1-14,23H,15-18H2,(H,28,31). The van der Waals surface area contributed by atoms with Gasteiger partial charge in [0.1, 0.15) is 6.04 Å². The average Bonchev–Trinajstić information content (AvgIpc) is 3.17. The zero-order valence-electron chi connectivity index (χ0n) is 18.0. The Hall–Kier alpha value is -3.32. The van der Waals surface area contributed by atoms with Crippen LogP contribution < -0.4 is 5.32 Å². The molecule has 0 radical (unpaired) electrons. The second kappa shape index (κ2) is 8.90. The lowest BCUT2D eigenvalue weighted by Crippen LogP contribution is -2.59. The highest BCUT2D eigenvalue weighted by Crippen LogP contribution is 2.45. The summed E-state index contributed by atoms with van der Waals surface area (Å²) in [4.78, 5) is 29.6. The first-order valence-corrected chi connectivity index (χ1v) is 11.7. The first-order chi connectivity index (χ1) is 16.1. The Morgan fingerprint density at radius 3 is 2.15 bits per heavy atom. The van der Waals surface area contributed by atoms with E-state index in [1.54, 1.807) is 9.80 Å². The van der Waals surface area contributed by atoms with Crippen molar-refractivity contribution < 1.29 is 14.3 Å². The van der Waals surface area contributed by atoms with Crippen LogP contribution in [0.15, 0.2) is 89.4 Å². The number of amides is 3. The average molecular weight is 506 g/mol. The van der Waals surface area contributed by atoms with E-state index in [9.17, 15) is 9.59 Å². The minimum atomic E-state index is -0.982. The molecular weight excluding hydrogens is 482 g/mol. The van der Waals surface area contributed by atoms with E-state index in [0.29, 0.717) is 26.2 Å². The Bertz CT molecular complexity index is 1100. The first kappa shape index (κ1) is 21.5. The van der Waals surface area contributed by atoms with Crippen molar-refractivity contribution in [1.29, 1.82) is 0 Å². The number of carbonyl (C=O) groups excluding carboxylic acids is 2. The molecule has 1 N–H and O–H groups in total.